The second-order valence-corrected chi connectivity index (χ2v) is 7.75. The highest BCUT2D eigenvalue weighted by molar-refractivity contribution is 5.81. The number of alkyl carbamates (subject to hydrolysis) is 1. The minimum atomic E-state index is -1.11. The van der Waals surface area contributed by atoms with Crippen molar-refractivity contribution in [1.29, 1.82) is 0 Å². The number of ether oxygens (including phenoxy) is 1. The number of carbonyl (C=O) groups excluding carboxylic acids is 1. The average molecular weight is 416 g/mol. The van der Waals surface area contributed by atoms with E-state index in [-0.39, 0.29) is 18.9 Å². The molecule has 1 aliphatic carbocycles. The van der Waals surface area contributed by atoms with E-state index in [1.165, 1.54) is 0 Å². The third kappa shape index (κ3) is 4.14. The van der Waals surface area contributed by atoms with Crippen molar-refractivity contribution in [2.45, 2.75) is 32.2 Å². The van der Waals surface area contributed by atoms with Crippen molar-refractivity contribution in [3.8, 4) is 11.1 Å². The highest BCUT2D eigenvalue weighted by atomic mass is 16.5. The summed E-state index contributed by atoms with van der Waals surface area (Å²) in [6.45, 7) is 3.90. The number of amides is 1. The molecule has 0 bridgehead atoms. The molecule has 6 heteroatoms. The zero-order valence-corrected chi connectivity index (χ0v) is 17.5. The lowest BCUT2D eigenvalue weighted by Gasteiger charge is -2.18. The van der Waals surface area contributed by atoms with Gasteiger partial charge in [-0.1, -0.05) is 48.5 Å². The van der Waals surface area contributed by atoms with Crippen LogP contribution in [0.3, 0.4) is 0 Å². The van der Waals surface area contributed by atoms with Crippen molar-refractivity contribution in [2.24, 2.45) is 0 Å². The molecule has 0 aliphatic heterocycles. The van der Waals surface area contributed by atoms with Crippen molar-refractivity contribution in [2.75, 3.05) is 6.61 Å². The quantitative estimate of drug-likeness (QED) is 0.628. The topological polar surface area (TPSA) is 88.5 Å². The van der Waals surface area contributed by atoms with Gasteiger partial charge in [0, 0.05) is 24.2 Å². The Balaban J connectivity index is 1.45. The van der Waals surface area contributed by atoms with Gasteiger partial charge in [0.2, 0.25) is 0 Å². The summed E-state index contributed by atoms with van der Waals surface area (Å²) in [6.07, 6.45) is 1.07. The number of rotatable bonds is 6. The Morgan fingerprint density at radius 2 is 1.65 bits per heavy atom. The van der Waals surface area contributed by atoms with Gasteiger partial charge in [0.05, 0.1) is 0 Å². The number of carboxylic acids is 1. The molecule has 1 amide bonds. The number of benzene rings is 2. The minimum absolute atomic E-state index is 0.0773. The standard InChI is InChI=1S/C25H24N2O4/c1-15-16(2)26-12-11-17(15)13-23(24(28)29)27-25(30)31-14-22-20-9-5-3-7-18(20)19-8-4-6-10-21(19)22/h3-12,22-23H,13-14H2,1-2H3,(H,27,30)(H,28,29)/t23-/m0/s1. The second-order valence-electron chi connectivity index (χ2n) is 7.75. The van der Waals surface area contributed by atoms with E-state index < -0.39 is 18.1 Å². The summed E-state index contributed by atoms with van der Waals surface area (Å²) < 4.78 is 5.49. The van der Waals surface area contributed by atoms with E-state index in [1.807, 2.05) is 50.2 Å². The van der Waals surface area contributed by atoms with Crippen LogP contribution in [0.2, 0.25) is 0 Å². The van der Waals surface area contributed by atoms with E-state index in [0.717, 1.165) is 39.1 Å². The smallest absolute Gasteiger partial charge is 0.407 e. The maximum Gasteiger partial charge on any atom is 0.407 e. The Morgan fingerprint density at radius 1 is 1.03 bits per heavy atom. The van der Waals surface area contributed by atoms with Gasteiger partial charge < -0.3 is 15.2 Å². The fourth-order valence-electron chi connectivity index (χ4n) is 4.12. The molecular formula is C25H24N2O4. The fraction of sp³-hybridized carbons (Fsp3) is 0.240. The molecule has 0 saturated carbocycles. The molecule has 158 valence electrons. The number of nitrogens with one attached hydrogen (secondary N) is 1. The van der Waals surface area contributed by atoms with Crippen LogP contribution in [0.4, 0.5) is 4.79 Å². The molecule has 0 saturated heterocycles. The number of nitrogens with zero attached hydrogens (tertiary/aromatic N) is 1. The van der Waals surface area contributed by atoms with Crippen LogP contribution >= 0.6 is 0 Å². The Kier molecular flexibility index (Phi) is 5.71. The maximum atomic E-state index is 12.5. The van der Waals surface area contributed by atoms with Gasteiger partial charge in [0.15, 0.2) is 0 Å². The van der Waals surface area contributed by atoms with Crippen LogP contribution < -0.4 is 5.32 Å². The van der Waals surface area contributed by atoms with Crippen LogP contribution in [-0.4, -0.2) is 34.8 Å². The van der Waals surface area contributed by atoms with Gasteiger partial charge in [-0.05, 0) is 53.3 Å². The van der Waals surface area contributed by atoms with Crippen LogP contribution in [0, 0.1) is 13.8 Å². The molecule has 0 unspecified atom stereocenters. The molecule has 2 aromatic carbocycles. The molecule has 1 heterocycles. The Labute approximate surface area is 180 Å². The highest BCUT2D eigenvalue weighted by Gasteiger charge is 2.30. The van der Waals surface area contributed by atoms with E-state index in [1.54, 1.807) is 12.3 Å². The largest absolute Gasteiger partial charge is 0.480 e. The van der Waals surface area contributed by atoms with Crippen molar-refractivity contribution in [1.82, 2.24) is 10.3 Å². The van der Waals surface area contributed by atoms with Gasteiger partial charge in [-0.2, -0.15) is 0 Å². The number of carboxylic acid groups (broad SMARTS) is 1. The molecule has 31 heavy (non-hydrogen) atoms. The first kappa shape index (κ1) is 20.6. The first-order valence-electron chi connectivity index (χ1n) is 10.2. The SMILES string of the molecule is Cc1nccc(C[C@H](NC(=O)OCC2c3ccccc3-c3ccccc32)C(=O)O)c1C. The normalized spacial score (nSPS) is 13.2. The molecule has 1 atom stereocenters. The van der Waals surface area contributed by atoms with Gasteiger partial charge >= 0.3 is 12.1 Å². The minimum Gasteiger partial charge on any atom is -0.480 e. The summed E-state index contributed by atoms with van der Waals surface area (Å²) in [4.78, 5) is 28.4. The second kappa shape index (κ2) is 8.60. The number of hydrogen-bond acceptors (Lipinski definition) is 4. The average Bonchev–Trinajstić information content (AvgIpc) is 3.08. The molecule has 3 aromatic rings. The lowest BCUT2D eigenvalue weighted by Crippen LogP contribution is -2.43. The Morgan fingerprint density at radius 3 is 2.26 bits per heavy atom. The summed E-state index contributed by atoms with van der Waals surface area (Å²) in [5.74, 6) is -1.19. The lowest BCUT2D eigenvalue weighted by molar-refractivity contribution is -0.139. The first-order chi connectivity index (χ1) is 15.0. The molecule has 1 aliphatic rings. The van der Waals surface area contributed by atoms with Crippen molar-refractivity contribution in [3.63, 3.8) is 0 Å². The summed E-state index contributed by atoms with van der Waals surface area (Å²) in [7, 11) is 0. The van der Waals surface area contributed by atoms with Gasteiger partial charge in [0.25, 0.3) is 0 Å². The monoisotopic (exact) mass is 416 g/mol. The molecule has 1 aromatic heterocycles. The van der Waals surface area contributed by atoms with Crippen molar-refractivity contribution < 1.29 is 19.4 Å². The number of hydrogen-bond donors (Lipinski definition) is 2. The first-order valence-corrected chi connectivity index (χ1v) is 10.2. The lowest BCUT2D eigenvalue weighted by atomic mass is 9.98. The highest BCUT2D eigenvalue weighted by Crippen LogP contribution is 2.44. The van der Waals surface area contributed by atoms with Gasteiger partial charge in [-0.25, -0.2) is 9.59 Å². The van der Waals surface area contributed by atoms with Crippen LogP contribution in [0.15, 0.2) is 60.8 Å². The summed E-state index contributed by atoms with van der Waals surface area (Å²) in [6, 6.07) is 16.8. The van der Waals surface area contributed by atoms with Crippen LogP contribution in [0.1, 0.15) is 33.9 Å². The van der Waals surface area contributed by atoms with Crippen LogP contribution in [0.25, 0.3) is 11.1 Å². The summed E-state index contributed by atoms with van der Waals surface area (Å²) in [5.41, 5.74) is 7.08. The molecule has 2 N–H and O–H groups in total. The van der Waals surface area contributed by atoms with E-state index in [0.29, 0.717) is 0 Å². The van der Waals surface area contributed by atoms with Crippen LogP contribution in [0.5, 0.6) is 0 Å². The summed E-state index contributed by atoms with van der Waals surface area (Å²) >= 11 is 0. The number of aryl methyl sites for hydroxylation is 1. The Hall–Kier alpha value is -3.67. The zero-order chi connectivity index (χ0) is 22.0. The molecule has 0 radical (unpaired) electrons. The van der Waals surface area contributed by atoms with Gasteiger partial charge in [-0.3, -0.25) is 4.98 Å². The molecule has 6 nitrogen and oxygen atoms in total. The van der Waals surface area contributed by atoms with E-state index in [9.17, 15) is 14.7 Å². The van der Waals surface area contributed by atoms with E-state index in [2.05, 4.69) is 22.4 Å². The predicted octanol–water partition coefficient (Wildman–Crippen LogP) is 4.23. The van der Waals surface area contributed by atoms with Crippen molar-refractivity contribution in [3.05, 3.63) is 88.7 Å². The molecule has 4 rings (SSSR count). The number of pyridine rings is 1. The number of aromatic nitrogens is 1. The van der Waals surface area contributed by atoms with E-state index in [4.69, 9.17) is 4.74 Å². The van der Waals surface area contributed by atoms with Gasteiger partial charge in [0.1, 0.15) is 12.6 Å². The maximum absolute atomic E-state index is 12.5. The number of fused-ring (bicyclic) bond motifs is 3. The third-order valence-corrected chi connectivity index (χ3v) is 5.93. The molecule has 0 spiro atoms. The Bertz CT molecular complexity index is 1100. The third-order valence-electron chi connectivity index (χ3n) is 5.93. The van der Waals surface area contributed by atoms with Crippen LogP contribution in [-0.2, 0) is 16.0 Å². The fourth-order valence-corrected chi connectivity index (χ4v) is 4.12. The predicted molar refractivity (Wildman–Crippen MR) is 117 cm³/mol. The summed E-state index contributed by atoms with van der Waals surface area (Å²) in [5, 5.41) is 12.1. The van der Waals surface area contributed by atoms with E-state index >= 15 is 0 Å². The van der Waals surface area contributed by atoms with Gasteiger partial charge in [-0.15, -0.1) is 0 Å². The number of aliphatic carboxylic acids is 1. The zero-order valence-electron chi connectivity index (χ0n) is 17.5. The molecular weight excluding hydrogens is 392 g/mol. The van der Waals surface area contributed by atoms with Crippen molar-refractivity contribution >= 4 is 12.1 Å². The molecule has 0 fully saturated rings. The number of carbonyl (C=O) groups is 2.